The van der Waals surface area contributed by atoms with Crippen molar-refractivity contribution in [1.82, 2.24) is 10.2 Å². The SMILES string of the molecule is C=C=C[C@@H]1SC2[C@@H](NC(=O)CCCC(N)C(=O)O)C(=O)N2C1C(=O)O. The summed E-state index contributed by atoms with van der Waals surface area (Å²) in [5.74, 6) is -3.09. The number of nitrogens with zero attached hydrogens (tertiary/aromatic N) is 1. The maximum Gasteiger partial charge on any atom is 0.327 e. The Kier molecular flexibility index (Phi) is 5.89. The largest absolute Gasteiger partial charge is 0.480 e. The maximum absolute atomic E-state index is 12.2. The summed E-state index contributed by atoms with van der Waals surface area (Å²) in [5, 5.41) is 19.6. The summed E-state index contributed by atoms with van der Waals surface area (Å²) in [6, 6.07) is -2.81. The molecule has 0 radical (unpaired) electrons. The first kappa shape index (κ1) is 19.0. The normalized spacial score (nSPS) is 28.4. The standard InChI is InChI=1S/C15H19N3O6S/c1-2-4-8-11(15(23)24)18-12(20)10(13(18)25-8)17-9(19)6-3-5-7(16)14(21)22/h4,7-8,10-11,13H,1,3,5-6,16H2,(H,17,19)(H,21,22)(H,23,24)/t7?,8-,10-,11?,13?/m0/s1. The van der Waals surface area contributed by atoms with Gasteiger partial charge in [-0.05, 0) is 18.9 Å². The Morgan fingerprint density at radius 1 is 1.44 bits per heavy atom. The average Bonchev–Trinajstić information content (AvgIpc) is 2.88. The van der Waals surface area contributed by atoms with Gasteiger partial charge in [-0.15, -0.1) is 17.5 Å². The zero-order chi connectivity index (χ0) is 18.7. The van der Waals surface area contributed by atoms with Crippen molar-refractivity contribution >= 4 is 35.5 Å². The number of hydrogen-bond donors (Lipinski definition) is 4. The van der Waals surface area contributed by atoms with Crippen molar-refractivity contribution in [3.8, 4) is 0 Å². The number of carboxylic acid groups (broad SMARTS) is 2. The van der Waals surface area contributed by atoms with Gasteiger partial charge in [0, 0.05) is 6.42 Å². The van der Waals surface area contributed by atoms with E-state index in [0.717, 1.165) is 0 Å². The summed E-state index contributed by atoms with van der Waals surface area (Å²) in [6.45, 7) is 3.42. The average molecular weight is 369 g/mol. The topological polar surface area (TPSA) is 150 Å². The number of nitrogens with two attached hydrogens (primary N) is 1. The van der Waals surface area contributed by atoms with Gasteiger partial charge in [0.15, 0.2) is 0 Å². The molecule has 136 valence electrons. The Balaban J connectivity index is 1.90. The van der Waals surface area contributed by atoms with E-state index in [1.165, 1.54) is 22.7 Å². The van der Waals surface area contributed by atoms with Gasteiger partial charge < -0.3 is 26.2 Å². The fourth-order valence-electron chi connectivity index (χ4n) is 2.81. The minimum atomic E-state index is -1.13. The molecule has 10 heteroatoms. The fourth-order valence-corrected chi connectivity index (χ4v) is 4.41. The van der Waals surface area contributed by atoms with E-state index in [1.807, 2.05) is 0 Å². The van der Waals surface area contributed by atoms with Crippen LogP contribution in [0.25, 0.3) is 0 Å². The molecule has 5 atom stereocenters. The molecule has 2 aliphatic heterocycles. The van der Waals surface area contributed by atoms with Crippen molar-refractivity contribution in [3.05, 3.63) is 18.4 Å². The highest BCUT2D eigenvalue weighted by atomic mass is 32.2. The molecule has 0 aromatic rings. The molecule has 25 heavy (non-hydrogen) atoms. The number of thioether (sulfide) groups is 1. The first-order valence-corrected chi connectivity index (χ1v) is 8.56. The zero-order valence-electron chi connectivity index (χ0n) is 13.3. The van der Waals surface area contributed by atoms with Crippen LogP contribution >= 0.6 is 11.8 Å². The van der Waals surface area contributed by atoms with Crippen molar-refractivity contribution in [3.63, 3.8) is 0 Å². The Labute approximate surface area is 147 Å². The Morgan fingerprint density at radius 3 is 2.68 bits per heavy atom. The van der Waals surface area contributed by atoms with Gasteiger partial charge in [0.1, 0.15) is 23.5 Å². The zero-order valence-corrected chi connectivity index (χ0v) is 14.1. The molecule has 2 amide bonds. The lowest BCUT2D eigenvalue weighted by atomic mass is 10.0. The number of carboxylic acids is 2. The number of amides is 2. The fraction of sp³-hybridized carbons (Fsp3) is 0.533. The molecule has 0 aromatic carbocycles. The van der Waals surface area contributed by atoms with Gasteiger partial charge in [0.2, 0.25) is 11.8 Å². The van der Waals surface area contributed by atoms with Gasteiger partial charge in [-0.3, -0.25) is 14.4 Å². The third-order valence-corrected chi connectivity index (χ3v) is 5.56. The molecule has 2 fully saturated rings. The number of nitrogens with one attached hydrogen (secondary N) is 1. The van der Waals surface area contributed by atoms with Crippen LogP contribution in [0.15, 0.2) is 18.4 Å². The molecular weight excluding hydrogens is 350 g/mol. The van der Waals surface area contributed by atoms with Crippen molar-refractivity contribution in [2.45, 2.75) is 48.0 Å². The molecule has 5 N–H and O–H groups in total. The van der Waals surface area contributed by atoms with Gasteiger partial charge in [-0.25, -0.2) is 4.79 Å². The van der Waals surface area contributed by atoms with E-state index in [2.05, 4.69) is 17.6 Å². The van der Waals surface area contributed by atoms with Crippen LogP contribution in [-0.2, 0) is 19.2 Å². The summed E-state index contributed by atoms with van der Waals surface area (Å²) in [7, 11) is 0. The van der Waals surface area contributed by atoms with Crippen LogP contribution in [0.5, 0.6) is 0 Å². The predicted molar refractivity (Wildman–Crippen MR) is 88.5 cm³/mol. The molecule has 2 rings (SSSR count). The highest BCUT2D eigenvalue weighted by molar-refractivity contribution is 8.01. The number of fused-ring (bicyclic) bond motifs is 1. The second-order valence-corrected chi connectivity index (χ2v) is 7.07. The quantitative estimate of drug-likeness (QED) is 0.318. The molecule has 9 nitrogen and oxygen atoms in total. The molecule has 0 spiro atoms. The van der Waals surface area contributed by atoms with E-state index in [4.69, 9.17) is 10.8 Å². The summed E-state index contributed by atoms with van der Waals surface area (Å²) >= 11 is 1.26. The van der Waals surface area contributed by atoms with Crippen LogP contribution in [-0.4, -0.2) is 67.6 Å². The first-order chi connectivity index (χ1) is 11.8. The van der Waals surface area contributed by atoms with E-state index in [9.17, 15) is 24.3 Å². The third kappa shape index (κ3) is 3.87. The summed E-state index contributed by atoms with van der Waals surface area (Å²) in [6.07, 6.45) is 1.97. The van der Waals surface area contributed by atoms with E-state index in [1.54, 1.807) is 0 Å². The van der Waals surface area contributed by atoms with Crippen LogP contribution in [0.4, 0.5) is 0 Å². The Morgan fingerprint density at radius 2 is 2.12 bits per heavy atom. The lowest BCUT2D eigenvalue weighted by Crippen LogP contribution is -2.70. The minimum absolute atomic E-state index is 0.0422. The van der Waals surface area contributed by atoms with Crippen LogP contribution < -0.4 is 11.1 Å². The second-order valence-electron chi connectivity index (χ2n) is 5.77. The third-order valence-electron chi connectivity index (χ3n) is 4.08. The summed E-state index contributed by atoms with van der Waals surface area (Å²) in [4.78, 5) is 47.4. The van der Waals surface area contributed by atoms with Crippen molar-refractivity contribution in [2.24, 2.45) is 5.73 Å². The predicted octanol–water partition coefficient (Wildman–Crippen LogP) is -0.869. The van der Waals surface area contributed by atoms with Crippen LogP contribution in [0.3, 0.4) is 0 Å². The number of carbonyl (C=O) groups is 4. The lowest BCUT2D eigenvalue weighted by Gasteiger charge is -2.43. The highest BCUT2D eigenvalue weighted by Crippen LogP contribution is 2.44. The first-order valence-electron chi connectivity index (χ1n) is 7.62. The number of rotatable bonds is 8. The van der Waals surface area contributed by atoms with E-state index < -0.39 is 52.5 Å². The van der Waals surface area contributed by atoms with Crippen molar-refractivity contribution in [1.29, 1.82) is 0 Å². The van der Waals surface area contributed by atoms with Gasteiger partial charge in [-0.2, -0.15) is 0 Å². The van der Waals surface area contributed by atoms with Crippen LogP contribution in [0.1, 0.15) is 19.3 Å². The second kappa shape index (κ2) is 7.73. The van der Waals surface area contributed by atoms with E-state index in [0.29, 0.717) is 0 Å². The molecular formula is C15H19N3O6S. The van der Waals surface area contributed by atoms with Crippen molar-refractivity contribution in [2.75, 3.05) is 0 Å². The lowest BCUT2D eigenvalue weighted by molar-refractivity contribution is -0.159. The van der Waals surface area contributed by atoms with E-state index in [-0.39, 0.29) is 19.3 Å². The van der Waals surface area contributed by atoms with Crippen molar-refractivity contribution < 1.29 is 29.4 Å². The molecule has 2 saturated heterocycles. The molecule has 2 aliphatic rings. The molecule has 0 aromatic heterocycles. The van der Waals surface area contributed by atoms with Gasteiger partial charge in [-0.1, -0.05) is 6.58 Å². The number of β-lactam (4-membered cyclic amide) rings is 1. The van der Waals surface area contributed by atoms with Gasteiger partial charge >= 0.3 is 11.9 Å². The Bertz CT molecular complexity index is 647. The molecule has 0 aliphatic carbocycles. The monoisotopic (exact) mass is 369 g/mol. The van der Waals surface area contributed by atoms with Crippen LogP contribution in [0.2, 0.25) is 0 Å². The highest BCUT2D eigenvalue weighted by Gasteiger charge is 2.60. The minimum Gasteiger partial charge on any atom is -0.480 e. The van der Waals surface area contributed by atoms with Gasteiger partial charge in [0.05, 0.1) is 5.25 Å². The molecule has 0 saturated carbocycles. The van der Waals surface area contributed by atoms with Gasteiger partial charge in [0.25, 0.3) is 0 Å². The molecule has 0 bridgehead atoms. The molecule has 3 unspecified atom stereocenters. The number of aliphatic carboxylic acids is 2. The Hall–Kier alpha value is -2.29. The summed E-state index contributed by atoms with van der Waals surface area (Å²) in [5.41, 5.74) is 7.89. The summed E-state index contributed by atoms with van der Waals surface area (Å²) < 4.78 is 0. The van der Waals surface area contributed by atoms with Crippen LogP contribution in [0, 0.1) is 0 Å². The van der Waals surface area contributed by atoms with E-state index >= 15 is 0 Å². The molecule has 2 heterocycles. The maximum atomic E-state index is 12.2. The number of carbonyl (C=O) groups excluding carboxylic acids is 2. The number of hydrogen-bond acceptors (Lipinski definition) is 6. The smallest absolute Gasteiger partial charge is 0.327 e.